The molecule has 0 radical (unpaired) electrons. The Morgan fingerprint density at radius 2 is 2.00 bits per heavy atom. The van der Waals surface area contributed by atoms with Gasteiger partial charge in [-0.1, -0.05) is 18.2 Å². The number of ketones is 1. The Labute approximate surface area is 128 Å². The lowest BCUT2D eigenvalue weighted by molar-refractivity contribution is 0.100. The summed E-state index contributed by atoms with van der Waals surface area (Å²) >= 11 is 3.35. The first-order valence-corrected chi connectivity index (χ1v) is 6.96. The van der Waals surface area contributed by atoms with Gasteiger partial charge in [0.05, 0.1) is 11.6 Å². The highest BCUT2D eigenvalue weighted by Gasteiger charge is 2.22. The maximum absolute atomic E-state index is 14.0. The zero-order valence-corrected chi connectivity index (χ0v) is 12.6. The molecule has 0 atom stereocenters. The summed E-state index contributed by atoms with van der Waals surface area (Å²) in [6.07, 6.45) is 0. The summed E-state index contributed by atoms with van der Waals surface area (Å²) in [6.45, 7) is 0. The molecule has 5 heteroatoms. The number of methoxy groups -OCH3 is 1. The first-order valence-electron chi connectivity index (χ1n) is 6.17. The van der Waals surface area contributed by atoms with Gasteiger partial charge in [0.15, 0.2) is 5.76 Å². The van der Waals surface area contributed by atoms with Gasteiger partial charge in [0.1, 0.15) is 22.7 Å². The van der Waals surface area contributed by atoms with Gasteiger partial charge in [-0.2, -0.15) is 0 Å². The van der Waals surface area contributed by atoms with Crippen LogP contribution in [0.1, 0.15) is 16.1 Å². The Morgan fingerprint density at radius 1 is 1.24 bits per heavy atom. The maximum atomic E-state index is 14.0. The van der Waals surface area contributed by atoms with Crippen LogP contribution in [0.4, 0.5) is 4.39 Å². The predicted octanol–water partition coefficient (Wildman–Crippen LogP) is 4.57. The van der Waals surface area contributed by atoms with E-state index in [1.165, 1.54) is 25.3 Å². The molecule has 0 fully saturated rings. The van der Waals surface area contributed by atoms with Gasteiger partial charge in [-0.3, -0.25) is 4.79 Å². The Bertz CT molecular complexity index is 839. The molecule has 0 N–H and O–H groups in total. The van der Waals surface area contributed by atoms with Crippen molar-refractivity contribution in [1.29, 1.82) is 0 Å². The molecule has 1 heterocycles. The second-order valence-electron chi connectivity index (χ2n) is 4.42. The monoisotopic (exact) mass is 348 g/mol. The smallest absolute Gasteiger partial charge is 0.234 e. The van der Waals surface area contributed by atoms with E-state index in [-0.39, 0.29) is 17.1 Å². The fourth-order valence-electron chi connectivity index (χ4n) is 2.16. The number of carbonyl (C=O) groups is 1. The van der Waals surface area contributed by atoms with Gasteiger partial charge >= 0.3 is 0 Å². The fraction of sp³-hybridized carbons (Fsp3) is 0.0625. The summed E-state index contributed by atoms with van der Waals surface area (Å²) < 4.78 is 25.3. The Balaban J connectivity index is 2.15. The van der Waals surface area contributed by atoms with Gasteiger partial charge in [-0.25, -0.2) is 4.39 Å². The van der Waals surface area contributed by atoms with Crippen LogP contribution in [0, 0.1) is 5.82 Å². The van der Waals surface area contributed by atoms with Crippen LogP contribution in [-0.4, -0.2) is 12.9 Å². The summed E-state index contributed by atoms with van der Waals surface area (Å²) in [5.74, 6) is -0.938. The molecule has 3 rings (SSSR count). The van der Waals surface area contributed by atoms with Crippen molar-refractivity contribution in [2.75, 3.05) is 7.11 Å². The first kappa shape index (κ1) is 13.8. The highest BCUT2D eigenvalue weighted by molar-refractivity contribution is 9.10. The summed E-state index contributed by atoms with van der Waals surface area (Å²) in [7, 11) is 1.39. The highest BCUT2D eigenvalue weighted by atomic mass is 79.9. The standard InChI is InChI=1S/C16H10BrFO3/c1-20-12-7-3-6-11(18)14(12)15(19)13-8-9-4-2-5-10(17)16(9)21-13/h2-8H,1H3. The number of furan rings is 1. The molecular formula is C16H10BrFO3. The molecule has 0 bridgehead atoms. The van der Waals surface area contributed by atoms with Crippen molar-refractivity contribution in [3.63, 3.8) is 0 Å². The number of halogens is 2. The Morgan fingerprint density at radius 3 is 2.71 bits per heavy atom. The average molecular weight is 349 g/mol. The average Bonchev–Trinajstić information content (AvgIpc) is 2.92. The van der Waals surface area contributed by atoms with Crippen molar-refractivity contribution in [2.45, 2.75) is 0 Å². The van der Waals surface area contributed by atoms with E-state index >= 15 is 0 Å². The molecule has 0 saturated carbocycles. The van der Waals surface area contributed by atoms with E-state index in [2.05, 4.69) is 15.9 Å². The van der Waals surface area contributed by atoms with Crippen LogP contribution in [0.25, 0.3) is 11.0 Å². The molecule has 3 aromatic rings. The van der Waals surface area contributed by atoms with Crippen LogP contribution >= 0.6 is 15.9 Å². The quantitative estimate of drug-likeness (QED) is 0.650. The molecule has 0 saturated heterocycles. The van der Waals surface area contributed by atoms with Crippen molar-refractivity contribution in [3.8, 4) is 5.75 Å². The summed E-state index contributed by atoms with van der Waals surface area (Å²) in [5.41, 5.74) is 0.423. The molecule has 0 aliphatic carbocycles. The highest BCUT2D eigenvalue weighted by Crippen LogP contribution is 2.30. The molecule has 0 unspecified atom stereocenters. The molecule has 1 aromatic heterocycles. The number of para-hydroxylation sites is 1. The third-order valence-electron chi connectivity index (χ3n) is 3.14. The molecule has 0 spiro atoms. The topological polar surface area (TPSA) is 39.4 Å². The van der Waals surface area contributed by atoms with E-state index in [0.717, 1.165) is 9.86 Å². The molecular weight excluding hydrogens is 339 g/mol. The van der Waals surface area contributed by atoms with E-state index in [9.17, 15) is 9.18 Å². The van der Waals surface area contributed by atoms with Gasteiger partial charge in [-0.15, -0.1) is 0 Å². The van der Waals surface area contributed by atoms with Crippen LogP contribution in [0.15, 0.2) is 51.4 Å². The second-order valence-corrected chi connectivity index (χ2v) is 5.27. The first-order chi connectivity index (χ1) is 10.1. The molecule has 2 aromatic carbocycles. The molecule has 0 amide bonds. The Kier molecular flexibility index (Phi) is 3.51. The molecule has 0 aliphatic heterocycles. The van der Waals surface area contributed by atoms with Gasteiger partial charge in [0.25, 0.3) is 0 Å². The zero-order valence-electron chi connectivity index (χ0n) is 11.0. The van der Waals surface area contributed by atoms with Crippen molar-refractivity contribution in [3.05, 3.63) is 64.1 Å². The van der Waals surface area contributed by atoms with Crippen LogP contribution in [0.3, 0.4) is 0 Å². The van der Waals surface area contributed by atoms with Gasteiger partial charge in [0, 0.05) is 5.39 Å². The van der Waals surface area contributed by atoms with Crippen LogP contribution in [0.5, 0.6) is 5.75 Å². The lowest BCUT2D eigenvalue weighted by Crippen LogP contribution is -2.05. The van der Waals surface area contributed by atoms with Crippen LogP contribution in [-0.2, 0) is 0 Å². The predicted molar refractivity (Wildman–Crippen MR) is 80.3 cm³/mol. The summed E-state index contributed by atoms with van der Waals surface area (Å²) in [5, 5.41) is 0.767. The molecule has 0 aliphatic rings. The number of hydrogen-bond acceptors (Lipinski definition) is 3. The van der Waals surface area contributed by atoms with Crippen molar-refractivity contribution >= 4 is 32.7 Å². The molecule has 3 nitrogen and oxygen atoms in total. The number of rotatable bonds is 3. The van der Waals surface area contributed by atoms with Crippen molar-refractivity contribution < 1.29 is 18.3 Å². The van der Waals surface area contributed by atoms with E-state index in [0.29, 0.717) is 5.58 Å². The minimum Gasteiger partial charge on any atom is -0.496 e. The van der Waals surface area contributed by atoms with Gasteiger partial charge in [-0.05, 0) is 40.2 Å². The third-order valence-corrected chi connectivity index (χ3v) is 3.77. The maximum Gasteiger partial charge on any atom is 0.234 e. The zero-order chi connectivity index (χ0) is 15.0. The van der Waals surface area contributed by atoms with E-state index < -0.39 is 11.6 Å². The largest absolute Gasteiger partial charge is 0.496 e. The third kappa shape index (κ3) is 2.34. The number of ether oxygens (including phenoxy) is 1. The second kappa shape index (κ2) is 5.33. The minimum absolute atomic E-state index is 0.0697. The SMILES string of the molecule is COc1cccc(F)c1C(=O)c1cc2cccc(Br)c2o1. The lowest BCUT2D eigenvalue weighted by Gasteiger charge is -2.06. The summed E-state index contributed by atoms with van der Waals surface area (Å²) in [6, 6.07) is 11.3. The Hall–Kier alpha value is -2.14. The normalized spacial score (nSPS) is 10.8. The number of hydrogen-bond donors (Lipinski definition) is 0. The minimum atomic E-state index is -0.640. The summed E-state index contributed by atoms with van der Waals surface area (Å²) in [4.78, 5) is 12.5. The van der Waals surface area contributed by atoms with Gasteiger partial charge < -0.3 is 9.15 Å². The van der Waals surface area contributed by atoms with Crippen LogP contribution < -0.4 is 4.74 Å². The molecule has 106 valence electrons. The lowest BCUT2D eigenvalue weighted by atomic mass is 10.1. The van der Waals surface area contributed by atoms with E-state index in [1.807, 2.05) is 18.2 Å². The molecule has 21 heavy (non-hydrogen) atoms. The number of benzene rings is 2. The number of fused-ring (bicyclic) bond motifs is 1. The van der Waals surface area contributed by atoms with E-state index in [4.69, 9.17) is 9.15 Å². The van der Waals surface area contributed by atoms with Crippen molar-refractivity contribution in [2.24, 2.45) is 0 Å². The van der Waals surface area contributed by atoms with Crippen LogP contribution in [0.2, 0.25) is 0 Å². The van der Waals surface area contributed by atoms with Crippen molar-refractivity contribution in [1.82, 2.24) is 0 Å². The fourth-order valence-corrected chi connectivity index (χ4v) is 2.62. The van der Waals surface area contributed by atoms with E-state index in [1.54, 1.807) is 6.07 Å². The number of carbonyl (C=O) groups excluding carboxylic acids is 1. The van der Waals surface area contributed by atoms with Gasteiger partial charge in [0.2, 0.25) is 5.78 Å².